The molecular weight excluding hydrogens is 435 g/mol. The number of benzene rings is 3. The minimum Gasteiger partial charge on any atom is -0.481 e. The lowest BCUT2D eigenvalue weighted by molar-refractivity contribution is -0.142. The van der Waals surface area contributed by atoms with Crippen LogP contribution >= 0.6 is 0 Å². The molecule has 2 atom stereocenters. The second-order valence-electron chi connectivity index (χ2n) is 8.73. The van der Waals surface area contributed by atoms with Gasteiger partial charge in [0.2, 0.25) is 0 Å². The highest BCUT2D eigenvalue weighted by Crippen LogP contribution is 2.35. The third kappa shape index (κ3) is 4.17. The Kier molecular flexibility index (Phi) is 5.61. The van der Waals surface area contributed by atoms with E-state index in [1.165, 1.54) is 6.07 Å². The van der Waals surface area contributed by atoms with Crippen LogP contribution in [0.5, 0.6) is 0 Å². The number of Topliss-reactive ketones (excluding diaryl/α,β-unsaturated/α-hetero) is 1. The maximum Gasteiger partial charge on any atom is 0.307 e. The standard InChI is InChI=1S/C27H23FN2O4/c1-15-5-11-23-24(13-15)34-27(30-23)29-22-12-10-18(14-21(22)28)16-6-8-17(9-7-16)25(31)19-3-2-4-20(19)26(32)33/h5-14,19-20H,2-4H2,1H3,(H,29,30)(H,32,33). The number of halogens is 1. The number of carboxylic acids is 1. The van der Waals surface area contributed by atoms with Crippen LogP contribution in [0.15, 0.2) is 65.1 Å². The summed E-state index contributed by atoms with van der Waals surface area (Å²) in [6.07, 6.45) is 1.87. The molecule has 2 N–H and O–H groups in total. The highest BCUT2D eigenvalue weighted by molar-refractivity contribution is 6.00. The Hall–Kier alpha value is -4.00. The predicted octanol–water partition coefficient (Wildman–Crippen LogP) is 6.37. The fourth-order valence-corrected chi connectivity index (χ4v) is 4.61. The lowest BCUT2D eigenvalue weighted by Crippen LogP contribution is -2.25. The number of oxazole rings is 1. The molecule has 7 heteroatoms. The predicted molar refractivity (Wildman–Crippen MR) is 127 cm³/mol. The molecule has 1 aliphatic carbocycles. The summed E-state index contributed by atoms with van der Waals surface area (Å²) in [4.78, 5) is 28.6. The van der Waals surface area contributed by atoms with Crippen molar-refractivity contribution in [2.45, 2.75) is 26.2 Å². The summed E-state index contributed by atoms with van der Waals surface area (Å²) in [5.74, 6) is -2.62. The first-order valence-corrected chi connectivity index (χ1v) is 11.2. The van der Waals surface area contributed by atoms with Crippen LogP contribution in [0.4, 0.5) is 16.1 Å². The van der Waals surface area contributed by atoms with Crippen molar-refractivity contribution in [2.24, 2.45) is 11.8 Å². The minimum atomic E-state index is -0.912. The van der Waals surface area contributed by atoms with Gasteiger partial charge in [-0.3, -0.25) is 9.59 Å². The number of fused-ring (bicyclic) bond motifs is 1. The van der Waals surface area contributed by atoms with Crippen molar-refractivity contribution in [1.29, 1.82) is 0 Å². The van der Waals surface area contributed by atoms with E-state index in [0.29, 0.717) is 35.1 Å². The number of carbonyl (C=O) groups is 2. The van der Waals surface area contributed by atoms with E-state index in [1.54, 1.807) is 36.4 Å². The normalized spacial score (nSPS) is 17.7. The Bertz CT molecular complexity index is 1390. The van der Waals surface area contributed by atoms with Gasteiger partial charge in [0.05, 0.1) is 11.6 Å². The van der Waals surface area contributed by atoms with Gasteiger partial charge in [0.15, 0.2) is 11.4 Å². The number of aryl methyl sites for hydroxylation is 1. The van der Waals surface area contributed by atoms with Crippen molar-refractivity contribution >= 4 is 34.6 Å². The number of carbonyl (C=O) groups excluding carboxylic acids is 1. The maximum absolute atomic E-state index is 14.8. The van der Waals surface area contributed by atoms with Crippen LogP contribution in [0, 0.1) is 24.6 Å². The van der Waals surface area contributed by atoms with Crippen molar-refractivity contribution in [2.75, 3.05) is 5.32 Å². The first-order valence-electron chi connectivity index (χ1n) is 11.2. The Labute approximate surface area is 195 Å². The fraction of sp³-hybridized carbons (Fsp3) is 0.222. The van der Waals surface area contributed by atoms with Gasteiger partial charge in [0.25, 0.3) is 6.01 Å². The van der Waals surface area contributed by atoms with Gasteiger partial charge in [-0.15, -0.1) is 0 Å². The monoisotopic (exact) mass is 458 g/mol. The topological polar surface area (TPSA) is 92.4 Å². The van der Waals surface area contributed by atoms with Gasteiger partial charge in [-0.1, -0.05) is 42.8 Å². The molecule has 5 rings (SSSR count). The Morgan fingerprint density at radius 3 is 2.47 bits per heavy atom. The summed E-state index contributed by atoms with van der Waals surface area (Å²) < 4.78 is 20.5. The molecule has 0 spiro atoms. The van der Waals surface area contributed by atoms with Crippen LogP contribution in [0.1, 0.15) is 35.2 Å². The summed E-state index contributed by atoms with van der Waals surface area (Å²) in [5, 5.41) is 12.2. The molecule has 0 bridgehead atoms. The summed E-state index contributed by atoms with van der Waals surface area (Å²) in [5.41, 5.74) is 4.48. The van der Waals surface area contributed by atoms with E-state index >= 15 is 0 Å². The Morgan fingerprint density at radius 2 is 1.74 bits per heavy atom. The van der Waals surface area contributed by atoms with Crippen molar-refractivity contribution in [1.82, 2.24) is 4.98 Å². The molecule has 1 aromatic heterocycles. The molecule has 1 fully saturated rings. The van der Waals surface area contributed by atoms with Gasteiger partial charge in [-0.25, -0.2) is 4.39 Å². The summed E-state index contributed by atoms with van der Waals surface area (Å²) in [7, 11) is 0. The molecule has 0 aliphatic heterocycles. The molecule has 1 aliphatic rings. The number of aliphatic carboxylic acids is 1. The number of aromatic nitrogens is 1. The second kappa shape index (κ2) is 8.74. The number of carboxylic acid groups (broad SMARTS) is 1. The fourth-order valence-electron chi connectivity index (χ4n) is 4.61. The van der Waals surface area contributed by atoms with Crippen molar-refractivity contribution in [3.05, 3.63) is 77.6 Å². The Morgan fingerprint density at radius 1 is 1.00 bits per heavy atom. The average Bonchev–Trinajstić information content (AvgIpc) is 3.47. The average molecular weight is 458 g/mol. The van der Waals surface area contributed by atoms with Gasteiger partial charge in [0, 0.05) is 11.5 Å². The first-order chi connectivity index (χ1) is 16.4. The molecule has 1 saturated carbocycles. The highest BCUT2D eigenvalue weighted by Gasteiger charge is 2.37. The van der Waals surface area contributed by atoms with E-state index in [0.717, 1.165) is 17.5 Å². The summed E-state index contributed by atoms with van der Waals surface area (Å²) >= 11 is 0. The molecule has 1 heterocycles. The van der Waals surface area contributed by atoms with Crippen LogP contribution < -0.4 is 5.32 Å². The van der Waals surface area contributed by atoms with Crippen LogP contribution in [0.3, 0.4) is 0 Å². The molecule has 34 heavy (non-hydrogen) atoms. The van der Waals surface area contributed by atoms with Gasteiger partial charge in [0.1, 0.15) is 11.3 Å². The molecule has 4 aromatic rings. The van der Waals surface area contributed by atoms with Gasteiger partial charge >= 0.3 is 5.97 Å². The van der Waals surface area contributed by atoms with Crippen molar-refractivity contribution in [3.63, 3.8) is 0 Å². The summed E-state index contributed by atoms with van der Waals surface area (Å²) in [6.45, 7) is 1.96. The zero-order valence-electron chi connectivity index (χ0n) is 18.5. The molecule has 6 nitrogen and oxygen atoms in total. The van der Waals surface area contributed by atoms with E-state index in [4.69, 9.17) is 4.42 Å². The van der Waals surface area contributed by atoms with Crippen molar-refractivity contribution in [3.8, 4) is 11.1 Å². The lowest BCUT2D eigenvalue weighted by Gasteiger charge is -2.14. The van der Waals surface area contributed by atoms with Crippen LogP contribution in [0.25, 0.3) is 22.2 Å². The number of rotatable bonds is 6. The van der Waals surface area contributed by atoms with E-state index in [1.807, 2.05) is 25.1 Å². The molecule has 0 radical (unpaired) electrons. The smallest absolute Gasteiger partial charge is 0.307 e. The van der Waals surface area contributed by atoms with Crippen LogP contribution in [-0.2, 0) is 4.79 Å². The van der Waals surface area contributed by atoms with Crippen molar-refractivity contribution < 1.29 is 23.5 Å². The zero-order valence-corrected chi connectivity index (χ0v) is 18.5. The molecule has 2 unspecified atom stereocenters. The van der Waals surface area contributed by atoms with Gasteiger partial charge in [-0.2, -0.15) is 4.98 Å². The lowest BCUT2D eigenvalue weighted by atomic mass is 9.88. The number of anilines is 2. The first kappa shape index (κ1) is 21.8. The van der Waals surface area contributed by atoms with E-state index in [-0.39, 0.29) is 17.5 Å². The van der Waals surface area contributed by atoms with Gasteiger partial charge in [-0.05, 0) is 60.7 Å². The number of hydrogen-bond donors (Lipinski definition) is 2. The summed E-state index contributed by atoms with van der Waals surface area (Å²) in [6, 6.07) is 17.5. The van der Waals surface area contributed by atoms with E-state index in [9.17, 15) is 19.1 Å². The molecule has 0 amide bonds. The minimum absolute atomic E-state index is 0.143. The van der Waals surface area contributed by atoms with Crippen LogP contribution in [-0.4, -0.2) is 21.8 Å². The number of nitrogens with one attached hydrogen (secondary N) is 1. The number of ketones is 1. The van der Waals surface area contributed by atoms with E-state index < -0.39 is 23.6 Å². The van der Waals surface area contributed by atoms with Crippen LogP contribution in [0.2, 0.25) is 0 Å². The second-order valence-corrected chi connectivity index (χ2v) is 8.73. The third-order valence-electron chi connectivity index (χ3n) is 6.43. The highest BCUT2D eigenvalue weighted by atomic mass is 19.1. The van der Waals surface area contributed by atoms with Gasteiger partial charge < -0.3 is 14.8 Å². The quantitative estimate of drug-likeness (QED) is 0.326. The largest absolute Gasteiger partial charge is 0.481 e. The zero-order chi connectivity index (χ0) is 23.8. The Balaban J connectivity index is 1.32. The number of nitrogens with zero attached hydrogens (tertiary/aromatic N) is 1. The molecule has 0 saturated heterocycles. The van der Waals surface area contributed by atoms with E-state index in [2.05, 4.69) is 10.3 Å². The molecular formula is C27H23FN2O4. The SMILES string of the molecule is Cc1ccc2nc(Nc3ccc(-c4ccc(C(=O)C5CCCC5C(=O)O)cc4)cc3F)oc2c1. The molecule has 3 aromatic carbocycles. The third-order valence-corrected chi connectivity index (χ3v) is 6.43. The molecule has 172 valence electrons. The number of hydrogen-bond acceptors (Lipinski definition) is 5. The maximum atomic E-state index is 14.8.